The molecule has 1 aliphatic heterocycles. The molecule has 1 saturated heterocycles. The molecule has 0 radical (unpaired) electrons. The first-order valence-electron chi connectivity index (χ1n) is 2.76. The second-order valence-corrected chi connectivity index (χ2v) is 1.80. The van der Waals surface area contributed by atoms with Crippen molar-refractivity contribution >= 4 is 0 Å². The van der Waals surface area contributed by atoms with Gasteiger partial charge in [0, 0.05) is 6.54 Å². The standard InChI is InChI=1S/C5H11NO/c1-2-5-3-6-4-7-5/h5-6H,2-4H2,1H3/t5-/m0/s1. The van der Waals surface area contributed by atoms with Crippen molar-refractivity contribution in [2.75, 3.05) is 13.3 Å². The highest BCUT2D eigenvalue weighted by Crippen LogP contribution is 1.99. The van der Waals surface area contributed by atoms with Gasteiger partial charge in [0.15, 0.2) is 0 Å². The summed E-state index contributed by atoms with van der Waals surface area (Å²) in [6, 6.07) is 0. The molecule has 1 fully saturated rings. The maximum atomic E-state index is 5.19. The van der Waals surface area contributed by atoms with Gasteiger partial charge in [-0.3, -0.25) is 5.32 Å². The van der Waals surface area contributed by atoms with Crippen LogP contribution in [-0.4, -0.2) is 19.4 Å². The molecule has 1 heterocycles. The molecule has 0 amide bonds. The highest BCUT2D eigenvalue weighted by atomic mass is 16.5. The van der Waals surface area contributed by atoms with Crippen LogP contribution in [0, 0.1) is 0 Å². The van der Waals surface area contributed by atoms with Crippen molar-refractivity contribution in [2.45, 2.75) is 19.4 Å². The van der Waals surface area contributed by atoms with Gasteiger partial charge in [0.2, 0.25) is 0 Å². The molecule has 0 aromatic carbocycles. The molecule has 0 spiro atoms. The Morgan fingerprint density at radius 1 is 1.86 bits per heavy atom. The number of ether oxygens (including phenoxy) is 1. The van der Waals surface area contributed by atoms with Crippen molar-refractivity contribution in [3.63, 3.8) is 0 Å². The Kier molecular flexibility index (Phi) is 1.65. The maximum absolute atomic E-state index is 5.19. The largest absolute Gasteiger partial charge is 0.362 e. The van der Waals surface area contributed by atoms with E-state index in [1.807, 2.05) is 0 Å². The van der Waals surface area contributed by atoms with Gasteiger partial charge < -0.3 is 4.74 Å². The highest BCUT2D eigenvalue weighted by Gasteiger charge is 2.10. The third-order valence-electron chi connectivity index (χ3n) is 1.25. The van der Waals surface area contributed by atoms with Crippen molar-refractivity contribution in [2.24, 2.45) is 0 Å². The molecule has 2 heteroatoms. The normalized spacial score (nSPS) is 31.3. The lowest BCUT2D eigenvalue weighted by Gasteiger charge is -1.99. The van der Waals surface area contributed by atoms with E-state index < -0.39 is 0 Å². The topological polar surface area (TPSA) is 21.3 Å². The van der Waals surface area contributed by atoms with Crippen LogP contribution < -0.4 is 5.32 Å². The summed E-state index contributed by atoms with van der Waals surface area (Å²) in [6.45, 7) is 3.92. The third-order valence-corrected chi connectivity index (χ3v) is 1.25. The molecule has 0 bridgehead atoms. The van der Waals surface area contributed by atoms with Gasteiger partial charge in [-0.25, -0.2) is 0 Å². The molecule has 2 nitrogen and oxygen atoms in total. The van der Waals surface area contributed by atoms with Gasteiger partial charge in [-0.05, 0) is 6.42 Å². The molecular formula is C5H11NO. The summed E-state index contributed by atoms with van der Waals surface area (Å²) < 4.78 is 5.19. The van der Waals surface area contributed by atoms with Gasteiger partial charge in [0.25, 0.3) is 0 Å². The van der Waals surface area contributed by atoms with E-state index in [4.69, 9.17) is 4.74 Å². The van der Waals surface area contributed by atoms with Gasteiger partial charge in [-0.15, -0.1) is 0 Å². The molecule has 1 N–H and O–H groups in total. The smallest absolute Gasteiger partial charge is 0.0970 e. The SMILES string of the molecule is CC[C@H]1CNCO1. The van der Waals surface area contributed by atoms with Gasteiger partial charge in [0.1, 0.15) is 0 Å². The van der Waals surface area contributed by atoms with Crippen molar-refractivity contribution in [3.8, 4) is 0 Å². The van der Waals surface area contributed by atoms with Crippen LogP contribution in [-0.2, 0) is 4.74 Å². The molecular weight excluding hydrogens is 90.1 g/mol. The molecule has 0 aliphatic carbocycles. The van der Waals surface area contributed by atoms with Crippen LogP contribution >= 0.6 is 0 Å². The molecule has 1 rings (SSSR count). The van der Waals surface area contributed by atoms with Crippen LogP contribution in [0.1, 0.15) is 13.3 Å². The average molecular weight is 101 g/mol. The lowest BCUT2D eigenvalue weighted by atomic mass is 10.3. The fourth-order valence-corrected chi connectivity index (χ4v) is 0.718. The predicted molar refractivity (Wildman–Crippen MR) is 28.0 cm³/mol. The van der Waals surface area contributed by atoms with Crippen molar-refractivity contribution in [1.82, 2.24) is 5.32 Å². The Labute approximate surface area is 43.9 Å². The Morgan fingerprint density at radius 2 is 2.71 bits per heavy atom. The monoisotopic (exact) mass is 101 g/mol. The van der Waals surface area contributed by atoms with Crippen molar-refractivity contribution in [3.05, 3.63) is 0 Å². The van der Waals surface area contributed by atoms with E-state index in [9.17, 15) is 0 Å². The second-order valence-electron chi connectivity index (χ2n) is 1.80. The van der Waals surface area contributed by atoms with Crippen LogP contribution in [0.2, 0.25) is 0 Å². The molecule has 1 aliphatic rings. The third kappa shape index (κ3) is 1.14. The Bertz CT molecular complexity index is 50.0. The molecule has 42 valence electrons. The zero-order valence-electron chi connectivity index (χ0n) is 4.61. The number of nitrogens with one attached hydrogen (secondary N) is 1. The highest BCUT2D eigenvalue weighted by molar-refractivity contribution is 4.62. The zero-order valence-corrected chi connectivity index (χ0v) is 4.61. The van der Waals surface area contributed by atoms with E-state index in [1.54, 1.807) is 0 Å². The van der Waals surface area contributed by atoms with Crippen LogP contribution in [0.5, 0.6) is 0 Å². The summed E-state index contributed by atoms with van der Waals surface area (Å²) in [5.41, 5.74) is 0. The second kappa shape index (κ2) is 2.28. The summed E-state index contributed by atoms with van der Waals surface area (Å²) in [6.07, 6.45) is 1.62. The van der Waals surface area contributed by atoms with E-state index >= 15 is 0 Å². The summed E-state index contributed by atoms with van der Waals surface area (Å²) in [5.74, 6) is 0. The van der Waals surface area contributed by atoms with Crippen LogP contribution in [0.25, 0.3) is 0 Å². The lowest BCUT2D eigenvalue weighted by Crippen LogP contribution is -2.11. The van der Waals surface area contributed by atoms with Crippen LogP contribution in [0.4, 0.5) is 0 Å². The van der Waals surface area contributed by atoms with E-state index in [2.05, 4.69) is 12.2 Å². The van der Waals surface area contributed by atoms with E-state index in [-0.39, 0.29) is 0 Å². The maximum Gasteiger partial charge on any atom is 0.0970 e. The van der Waals surface area contributed by atoms with Gasteiger partial charge in [-0.2, -0.15) is 0 Å². The lowest BCUT2D eigenvalue weighted by molar-refractivity contribution is 0.111. The first-order valence-corrected chi connectivity index (χ1v) is 2.76. The molecule has 1 atom stereocenters. The van der Waals surface area contributed by atoms with Crippen LogP contribution in [0.15, 0.2) is 0 Å². The number of hydrogen-bond acceptors (Lipinski definition) is 2. The number of rotatable bonds is 1. The average Bonchev–Trinajstić information content (AvgIpc) is 2.14. The van der Waals surface area contributed by atoms with Gasteiger partial charge in [-0.1, -0.05) is 6.92 Å². The molecule has 7 heavy (non-hydrogen) atoms. The minimum Gasteiger partial charge on any atom is -0.362 e. The molecule has 0 unspecified atom stereocenters. The first kappa shape index (κ1) is 5.06. The van der Waals surface area contributed by atoms with Crippen LogP contribution in [0.3, 0.4) is 0 Å². The quantitative estimate of drug-likeness (QED) is 0.514. The molecule has 0 saturated carbocycles. The van der Waals surface area contributed by atoms with E-state index in [0.29, 0.717) is 6.10 Å². The molecule has 0 aromatic heterocycles. The van der Waals surface area contributed by atoms with Gasteiger partial charge >= 0.3 is 0 Å². The fourth-order valence-electron chi connectivity index (χ4n) is 0.718. The summed E-state index contributed by atoms with van der Waals surface area (Å²) in [7, 11) is 0. The summed E-state index contributed by atoms with van der Waals surface area (Å²) in [5, 5.41) is 3.10. The minimum atomic E-state index is 0.486. The van der Waals surface area contributed by atoms with Crippen molar-refractivity contribution < 1.29 is 4.74 Å². The summed E-state index contributed by atoms with van der Waals surface area (Å²) in [4.78, 5) is 0. The van der Waals surface area contributed by atoms with E-state index in [0.717, 1.165) is 19.7 Å². The summed E-state index contributed by atoms with van der Waals surface area (Å²) >= 11 is 0. The Balaban J connectivity index is 2.14. The van der Waals surface area contributed by atoms with Crippen molar-refractivity contribution in [1.29, 1.82) is 0 Å². The fraction of sp³-hybridized carbons (Fsp3) is 1.00. The minimum absolute atomic E-state index is 0.486. The zero-order chi connectivity index (χ0) is 5.11. The van der Waals surface area contributed by atoms with E-state index in [1.165, 1.54) is 0 Å². The first-order chi connectivity index (χ1) is 3.43. The number of hydrogen-bond donors (Lipinski definition) is 1. The van der Waals surface area contributed by atoms with Gasteiger partial charge in [0.05, 0.1) is 12.8 Å². The molecule has 0 aromatic rings. The Hall–Kier alpha value is -0.0800. The Morgan fingerprint density at radius 3 is 3.00 bits per heavy atom. The predicted octanol–water partition coefficient (Wildman–Crippen LogP) is 0.342.